The van der Waals surface area contributed by atoms with E-state index in [2.05, 4.69) is 10.6 Å². The number of nitrogens with one attached hydrogen (secondary N) is 2. The number of nitrogens with zero attached hydrogens (tertiary/aromatic N) is 3. The molecule has 3 amide bonds. The first-order chi connectivity index (χ1) is 18.3. The van der Waals surface area contributed by atoms with Gasteiger partial charge >= 0.3 is 0 Å². The highest BCUT2D eigenvalue weighted by molar-refractivity contribution is 5.99. The number of benzene rings is 1. The number of rotatable bonds is 9. The fourth-order valence-corrected chi connectivity index (χ4v) is 5.57. The van der Waals surface area contributed by atoms with Gasteiger partial charge in [-0.25, -0.2) is 4.39 Å². The molecule has 1 aliphatic carbocycles. The molecule has 1 aromatic heterocycles. The number of hydrogen-bond acceptors (Lipinski definition) is 5. The van der Waals surface area contributed by atoms with Crippen molar-refractivity contribution in [1.82, 2.24) is 25.0 Å². The predicted molar refractivity (Wildman–Crippen MR) is 143 cm³/mol. The molecule has 1 saturated heterocycles. The Morgan fingerprint density at radius 2 is 1.74 bits per heavy atom. The van der Waals surface area contributed by atoms with E-state index in [-0.39, 0.29) is 35.5 Å². The van der Waals surface area contributed by atoms with E-state index in [0.717, 1.165) is 37.5 Å². The molecule has 1 saturated carbocycles. The number of likely N-dealkylation sites (N-methyl/N-ethyl adjacent to an activating group) is 1. The van der Waals surface area contributed by atoms with Crippen LogP contribution in [0.15, 0.2) is 24.3 Å². The van der Waals surface area contributed by atoms with Crippen LogP contribution in [0.5, 0.6) is 0 Å². The Morgan fingerprint density at radius 1 is 1.05 bits per heavy atom. The first-order valence-electron chi connectivity index (χ1n) is 13.7. The van der Waals surface area contributed by atoms with Crippen molar-refractivity contribution in [3.05, 3.63) is 35.8 Å². The average molecular weight is 530 g/mol. The number of hydrogen-bond donors (Lipinski definition) is 2. The third-order valence-corrected chi connectivity index (χ3v) is 7.99. The molecule has 0 unspecified atom stereocenters. The van der Waals surface area contributed by atoms with Crippen molar-refractivity contribution < 1.29 is 23.5 Å². The standard InChI is InChI=1S/C28H40FN5O4/c1-19(30-2)26(35)31-25(20-7-5-4-6-8-20)28(37)33-13-11-32(12-14-33)27(36)24-17-21-9-10-22(29)18-23(21)34(24)15-16-38-3/h9-10,17-20,25,30H,4-8,11-16H2,1-3H3,(H,31,35)/t19-,25-/m0/s1. The molecule has 4 rings (SSSR count). The van der Waals surface area contributed by atoms with Gasteiger partial charge in [-0.05, 0) is 57.0 Å². The lowest BCUT2D eigenvalue weighted by Gasteiger charge is -2.39. The number of piperazine rings is 1. The second kappa shape index (κ2) is 12.7. The van der Waals surface area contributed by atoms with Crippen molar-refractivity contribution in [1.29, 1.82) is 0 Å². The van der Waals surface area contributed by atoms with E-state index in [1.165, 1.54) is 12.1 Å². The van der Waals surface area contributed by atoms with Crippen molar-refractivity contribution >= 4 is 28.6 Å². The molecule has 0 radical (unpaired) electrons. The molecule has 2 N–H and O–H groups in total. The van der Waals surface area contributed by atoms with Crippen molar-refractivity contribution in [3.8, 4) is 0 Å². The van der Waals surface area contributed by atoms with Crippen molar-refractivity contribution in [3.63, 3.8) is 0 Å². The van der Waals surface area contributed by atoms with Crippen LogP contribution in [0.25, 0.3) is 10.9 Å². The molecule has 2 aliphatic rings. The summed E-state index contributed by atoms with van der Waals surface area (Å²) in [5.41, 5.74) is 1.14. The first-order valence-corrected chi connectivity index (χ1v) is 13.7. The molecule has 2 heterocycles. The molecule has 2 aromatic rings. The van der Waals surface area contributed by atoms with E-state index >= 15 is 0 Å². The summed E-state index contributed by atoms with van der Waals surface area (Å²) in [5.74, 6) is -0.620. The summed E-state index contributed by atoms with van der Waals surface area (Å²) >= 11 is 0. The fraction of sp³-hybridized carbons (Fsp3) is 0.607. The first kappa shape index (κ1) is 28.0. The minimum absolute atomic E-state index is 0.0645. The number of fused-ring (bicyclic) bond motifs is 1. The van der Waals surface area contributed by atoms with Gasteiger partial charge in [0.2, 0.25) is 11.8 Å². The lowest BCUT2D eigenvalue weighted by molar-refractivity contribution is -0.140. The molecule has 208 valence electrons. The Morgan fingerprint density at radius 3 is 2.39 bits per heavy atom. The molecule has 38 heavy (non-hydrogen) atoms. The van der Waals surface area contributed by atoms with E-state index in [9.17, 15) is 18.8 Å². The van der Waals surface area contributed by atoms with E-state index in [0.29, 0.717) is 50.5 Å². The van der Waals surface area contributed by atoms with Crippen LogP contribution < -0.4 is 10.6 Å². The molecule has 10 heteroatoms. The lowest BCUT2D eigenvalue weighted by atomic mass is 9.83. The van der Waals surface area contributed by atoms with Gasteiger partial charge in [-0.3, -0.25) is 14.4 Å². The van der Waals surface area contributed by atoms with Gasteiger partial charge in [-0.1, -0.05) is 19.3 Å². The topological polar surface area (TPSA) is 95.9 Å². The highest BCUT2D eigenvalue weighted by Crippen LogP contribution is 2.28. The molecule has 0 spiro atoms. The van der Waals surface area contributed by atoms with Gasteiger partial charge in [-0.15, -0.1) is 0 Å². The van der Waals surface area contributed by atoms with Gasteiger partial charge in [-0.2, -0.15) is 0 Å². The second-order valence-corrected chi connectivity index (χ2v) is 10.4. The van der Waals surface area contributed by atoms with Crippen LogP contribution in [0.4, 0.5) is 4.39 Å². The fourth-order valence-electron chi connectivity index (χ4n) is 5.57. The van der Waals surface area contributed by atoms with E-state index < -0.39 is 6.04 Å². The van der Waals surface area contributed by atoms with Crippen LogP contribution in [0, 0.1) is 11.7 Å². The maximum atomic E-state index is 14.0. The monoisotopic (exact) mass is 529 g/mol. The highest BCUT2D eigenvalue weighted by atomic mass is 19.1. The zero-order chi connectivity index (χ0) is 27.2. The van der Waals surface area contributed by atoms with Crippen LogP contribution in [-0.4, -0.2) is 91.1 Å². The summed E-state index contributed by atoms with van der Waals surface area (Å²) in [7, 11) is 3.32. The van der Waals surface area contributed by atoms with Crippen molar-refractivity contribution in [2.75, 3.05) is 46.9 Å². The van der Waals surface area contributed by atoms with Gasteiger partial charge in [0, 0.05) is 45.2 Å². The molecular weight excluding hydrogens is 489 g/mol. The number of carbonyl (C=O) groups is 3. The lowest BCUT2D eigenvalue weighted by Crippen LogP contribution is -2.59. The number of ether oxygens (including phenoxy) is 1. The number of amides is 3. The summed E-state index contributed by atoms with van der Waals surface area (Å²) in [5, 5.41) is 6.76. The van der Waals surface area contributed by atoms with Gasteiger partial charge in [0.05, 0.1) is 18.2 Å². The van der Waals surface area contributed by atoms with Crippen LogP contribution in [-0.2, 0) is 20.9 Å². The van der Waals surface area contributed by atoms with Gasteiger partial charge in [0.25, 0.3) is 5.91 Å². The van der Waals surface area contributed by atoms with Crippen LogP contribution in [0.1, 0.15) is 49.5 Å². The number of methoxy groups -OCH3 is 1. The molecular formula is C28H40FN5O4. The van der Waals surface area contributed by atoms with Crippen molar-refractivity contribution in [2.24, 2.45) is 5.92 Å². The molecule has 9 nitrogen and oxygen atoms in total. The molecule has 1 aromatic carbocycles. The number of aromatic nitrogens is 1. The maximum Gasteiger partial charge on any atom is 0.270 e. The minimum atomic E-state index is -0.549. The smallest absolute Gasteiger partial charge is 0.270 e. The predicted octanol–water partition coefficient (Wildman–Crippen LogP) is 2.38. The summed E-state index contributed by atoms with van der Waals surface area (Å²) in [4.78, 5) is 43.4. The Balaban J connectivity index is 1.46. The van der Waals surface area contributed by atoms with E-state index in [1.807, 2.05) is 0 Å². The van der Waals surface area contributed by atoms with Crippen LogP contribution in [0.2, 0.25) is 0 Å². The van der Waals surface area contributed by atoms with Crippen molar-refractivity contribution in [2.45, 2.75) is 57.7 Å². The molecule has 2 atom stereocenters. The summed E-state index contributed by atoms with van der Waals surface area (Å²) in [6.45, 7) is 4.19. The van der Waals surface area contributed by atoms with E-state index in [1.54, 1.807) is 47.6 Å². The van der Waals surface area contributed by atoms with Gasteiger partial charge < -0.3 is 29.7 Å². The normalized spacial score (nSPS) is 18.4. The average Bonchev–Trinajstić information content (AvgIpc) is 3.31. The highest BCUT2D eigenvalue weighted by Gasteiger charge is 2.36. The molecule has 2 fully saturated rings. The summed E-state index contributed by atoms with van der Waals surface area (Å²) < 4.78 is 21.0. The minimum Gasteiger partial charge on any atom is -0.383 e. The molecule has 0 bridgehead atoms. The Bertz CT molecular complexity index is 1140. The largest absolute Gasteiger partial charge is 0.383 e. The van der Waals surface area contributed by atoms with Gasteiger partial charge in [0.1, 0.15) is 17.6 Å². The quantitative estimate of drug-likeness (QED) is 0.520. The van der Waals surface area contributed by atoms with Crippen LogP contribution >= 0.6 is 0 Å². The Hall–Kier alpha value is -2.98. The second-order valence-electron chi connectivity index (χ2n) is 10.4. The summed E-state index contributed by atoms with van der Waals surface area (Å²) in [6.07, 6.45) is 5.14. The third kappa shape index (κ3) is 6.18. The number of carbonyl (C=O) groups excluding carboxylic acids is 3. The zero-order valence-corrected chi connectivity index (χ0v) is 22.7. The third-order valence-electron chi connectivity index (χ3n) is 7.99. The summed E-state index contributed by atoms with van der Waals surface area (Å²) in [6, 6.07) is 5.36. The Kier molecular flexibility index (Phi) is 9.38. The Labute approximate surface area is 223 Å². The molecule has 1 aliphatic heterocycles. The zero-order valence-electron chi connectivity index (χ0n) is 22.7. The van der Waals surface area contributed by atoms with Gasteiger partial charge in [0.15, 0.2) is 0 Å². The maximum absolute atomic E-state index is 14.0. The van der Waals surface area contributed by atoms with E-state index in [4.69, 9.17) is 4.74 Å². The van der Waals surface area contributed by atoms with Crippen LogP contribution in [0.3, 0.4) is 0 Å². The number of halogens is 1. The SMILES string of the molecule is CN[C@@H](C)C(=O)N[C@H](C(=O)N1CCN(C(=O)c2cc3ccc(F)cc3n2CCOC)CC1)C1CCCCC1.